The lowest BCUT2D eigenvalue weighted by Crippen LogP contribution is -1.85. The maximum absolute atomic E-state index is 2.36. The van der Waals surface area contributed by atoms with Gasteiger partial charge in [0.15, 0.2) is 0 Å². The molecule has 0 fully saturated rings. The van der Waals surface area contributed by atoms with Gasteiger partial charge in [0.2, 0.25) is 0 Å². The summed E-state index contributed by atoms with van der Waals surface area (Å²) in [6, 6.07) is 11.0. The standard InChI is InChI=1S/C16H16P/c1-3-12-8-9-17-16(12)15-10-13-6-4-5-7-14(13)11(15)2/h4-10,17H,3H2,1-2H3. The van der Waals surface area contributed by atoms with Gasteiger partial charge in [0.1, 0.15) is 0 Å². The largest absolute Gasteiger partial charge is 0.132 e. The third-order valence-corrected chi connectivity index (χ3v) is 4.76. The van der Waals surface area contributed by atoms with Crippen molar-refractivity contribution in [3.8, 4) is 0 Å². The predicted octanol–water partition coefficient (Wildman–Crippen LogP) is 4.78. The topological polar surface area (TPSA) is 0 Å². The van der Waals surface area contributed by atoms with Gasteiger partial charge >= 0.3 is 0 Å². The van der Waals surface area contributed by atoms with Crippen LogP contribution in [0.15, 0.2) is 36.1 Å². The molecular formula is C16H16P. The van der Waals surface area contributed by atoms with Gasteiger partial charge < -0.3 is 0 Å². The van der Waals surface area contributed by atoms with Gasteiger partial charge in [-0.25, -0.2) is 0 Å². The highest BCUT2D eigenvalue weighted by molar-refractivity contribution is 7.31. The fraction of sp³-hybridized carbons (Fsp3) is 0.188. The van der Waals surface area contributed by atoms with Crippen molar-refractivity contribution in [2.24, 2.45) is 0 Å². The number of rotatable bonds is 2. The van der Waals surface area contributed by atoms with Crippen molar-refractivity contribution in [3.63, 3.8) is 0 Å². The minimum absolute atomic E-state index is 0.845. The van der Waals surface area contributed by atoms with E-state index < -0.39 is 0 Å². The number of benzene rings is 1. The van der Waals surface area contributed by atoms with Crippen LogP contribution in [0.25, 0.3) is 11.1 Å². The van der Waals surface area contributed by atoms with Crippen LogP contribution in [0.1, 0.15) is 35.8 Å². The van der Waals surface area contributed by atoms with E-state index in [4.69, 9.17) is 0 Å². The van der Waals surface area contributed by atoms with Gasteiger partial charge in [0, 0.05) is 6.42 Å². The van der Waals surface area contributed by atoms with Crippen molar-refractivity contribution in [1.29, 1.82) is 0 Å². The Kier molecular flexibility index (Phi) is 2.68. The average Bonchev–Trinajstić information content (AvgIpc) is 2.94. The zero-order chi connectivity index (χ0) is 11.8. The third kappa shape index (κ3) is 1.68. The Morgan fingerprint density at radius 1 is 1.12 bits per heavy atom. The molecule has 0 saturated heterocycles. The Labute approximate surface area is 104 Å². The summed E-state index contributed by atoms with van der Waals surface area (Å²) in [5.41, 5.74) is 7.20. The van der Waals surface area contributed by atoms with E-state index in [1.165, 1.54) is 27.8 Å². The van der Waals surface area contributed by atoms with Crippen LogP contribution in [0.4, 0.5) is 0 Å². The van der Waals surface area contributed by atoms with Gasteiger partial charge in [0.25, 0.3) is 0 Å². The molecule has 0 bridgehead atoms. The average molecular weight is 239 g/mol. The van der Waals surface area contributed by atoms with E-state index in [0.717, 1.165) is 14.6 Å². The predicted molar refractivity (Wildman–Crippen MR) is 77.7 cm³/mol. The summed E-state index contributed by atoms with van der Waals surface area (Å²) in [6.07, 6.45) is 3.50. The molecule has 1 heteroatoms. The van der Waals surface area contributed by atoms with Crippen molar-refractivity contribution in [2.75, 3.05) is 0 Å². The van der Waals surface area contributed by atoms with Crippen LogP contribution in [0.3, 0.4) is 0 Å². The molecule has 1 atom stereocenters. The first-order valence-corrected chi connectivity index (χ1v) is 7.20. The van der Waals surface area contributed by atoms with Gasteiger partial charge in [-0.2, -0.15) is 0 Å². The maximum atomic E-state index is 2.36. The lowest BCUT2D eigenvalue weighted by molar-refractivity contribution is 1.15. The van der Waals surface area contributed by atoms with E-state index in [0.29, 0.717) is 0 Å². The van der Waals surface area contributed by atoms with Crippen LogP contribution >= 0.6 is 8.19 Å². The molecule has 85 valence electrons. The second kappa shape index (κ2) is 4.20. The Hall–Kier alpha value is -1.26. The van der Waals surface area contributed by atoms with Crippen LogP contribution in [0.2, 0.25) is 0 Å². The van der Waals surface area contributed by atoms with E-state index >= 15 is 0 Å². The van der Waals surface area contributed by atoms with Crippen molar-refractivity contribution < 1.29 is 0 Å². The molecule has 1 aliphatic rings. The number of allylic oxidation sites excluding steroid dienone is 2. The summed E-state index contributed by atoms with van der Waals surface area (Å²) in [6.45, 7) is 4.49. The SMILES string of the molecule is CCc1cc[pH]c1C1=C(C)c2ccccc2[CH]1. The minimum Gasteiger partial charge on any atom is -0.132 e. The van der Waals surface area contributed by atoms with Crippen molar-refractivity contribution in [2.45, 2.75) is 20.3 Å². The third-order valence-electron chi connectivity index (χ3n) is 3.55. The molecule has 2 aromatic rings. The van der Waals surface area contributed by atoms with Crippen LogP contribution in [-0.4, -0.2) is 0 Å². The van der Waals surface area contributed by atoms with E-state index in [9.17, 15) is 0 Å². The smallest absolute Gasteiger partial charge is 0.0217 e. The first-order chi connectivity index (χ1) is 8.31. The summed E-state index contributed by atoms with van der Waals surface area (Å²) < 4.78 is 0. The van der Waals surface area contributed by atoms with Crippen LogP contribution in [0, 0.1) is 6.42 Å². The molecule has 0 spiro atoms. The fourth-order valence-electron chi connectivity index (χ4n) is 2.58. The molecule has 1 unspecified atom stereocenters. The Morgan fingerprint density at radius 2 is 1.94 bits per heavy atom. The molecule has 0 N–H and O–H groups in total. The van der Waals surface area contributed by atoms with Crippen molar-refractivity contribution in [1.82, 2.24) is 0 Å². The van der Waals surface area contributed by atoms with E-state index in [2.05, 4.69) is 56.4 Å². The highest BCUT2D eigenvalue weighted by atomic mass is 31.0. The molecule has 0 nitrogen and oxygen atoms in total. The quantitative estimate of drug-likeness (QED) is 0.707. The van der Waals surface area contributed by atoms with E-state index in [1.807, 2.05) is 0 Å². The summed E-state index contributed by atoms with van der Waals surface area (Å²) in [5.74, 6) is 2.31. The van der Waals surface area contributed by atoms with Gasteiger partial charge in [-0.05, 0) is 52.3 Å². The zero-order valence-corrected chi connectivity index (χ0v) is 11.2. The van der Waals surface area contributed by atoms with E-state index in [-0.39, 0.29) is 0 Å². The van der Waals surface area contributed by atoms with Crippen LogP contribution in [-0.2, 0) is 6.42 Å². The highest BCUT2D eigenvalue weighted by Gasteiger charge is 2.20. The number of aryl methyl sites for hydroxylation is 1. The summed E-state index contributed by atoms with van der Waals surface area (Å²) in [5, 5.41) is 1.56. The minimum atomic E-state index is 0.845. The Bertz CT molecular complexity index is 587. The lowest BCUT2D eigenvalue weighted by atomic mass is 10.0. The normalized spacial score (nSPS) is 14.7. The molecule has 1 aliphatic carbocycles. The molecule has 0 amide bonds. The zero-order valence-electron chi connectivity index (χ0n) is 10.2. The van der Waals surface area contributed by atoms with Gasteiger partial charge in [-0.15, -0.1) is 8.19 Å². The number of hydrogen-bond acceptors (Lipinski definition) is 0. The van der Waals surface area contributed by atoms with Gasteiger partial charge in [-0.3, -0.25) is 0 Å². The second-order valence-corrected chi connectivity index (χ2v) is 5.62. The molecule has 0 aliphatic heterocycles. The van der Waals surface area contributed by atoms with Crippen molar-refractivity contribution >= 4 is 19.3 Å². The van der Waals surface area contributed by atoms with Crippen LogP contribution in [0.5, 0.6) is 0 Å². The first kappa shape index (κ1) is 10.9. The molecule has 1 aromatic carbocycles. The molecule has 0 saturated carbocycles. The monoisotopic (exact) mass is 239 g/mol. The molecule has 1 aromatic heterocycles. The van der Waals surface area contributed by atoms with Crippen LogP contribution < -0.4 is 0 Å². The second-order valence-electron chi connectivity index (χ2n) is 4.50. The molecular weight excluding hydrogens is 223 g/mol. The summed E-state index contributed by atoms with van der Waals surface area (Å²) in [7, 11) is 0.845. The highest BCUT2D eigenvalue weighted by Crippen LogP contribution is 2.43. The summed E-state index contributed by atoms with van der Waals surface area (Å²) in [4.78, 5) is 0. The lowest BCUT2D eigenvalue weighted by Gasteiger charge is -2.05. The number of fused-ring (bicyclic) bond motifs is 1. The molecule has 1 radical (unpaired) electrons. The fourth-order valence-corrected chi connectivity index (χ4v) is 3.89. The van der Waals surface area contributed by atoms with E-state index in [1.54, 1.807) is 5.30 Å². The molecule has 1 heterocycles. The van der Waals surface area contributed by atoms with Gasteiger partial charge in [-0.1, -0.05) is 37.3 Å². The van der Waals surface area contributed by atoms with Gasteiger partial charge in [0.05, 0.1) is 0 Å². The first-order valence-electron chi connectivity index (χ1n) is 6.13. The Morgan fingerprint density at radius 3 is 2.71 bits per heavy atom. The molecule has 3 rings (SSSR count). The Balaban J connectivity index is 2.11. The molecule has 17 heavy (non-hydrogen) atoms. The summed E-state index contributed by atoms with van der Waals surface area (Å²) >= 11 is 0. The maximum Gasteiger partial charge on any atom is 0.0217 e. The number of hydrogen-bond donors (Lipinski definition) is 0. The van der Waals surface area contributed by atoms with Crippen molar-refractivity contribution in [3.05, 3.63) is 64.5 Å².